The predicted octanol–water partition coefficient (Wildman–Crippen LogP) is 3.14. The van der Waals surface area contributed by atoms with Gasteiger partial charge in [-0.15, -0.1) is 0 Å². The number of anilines is 1. The van der Waals surface area contributed by atoms with Crippen LogP contribution in [0.2, 0.25) is 0 Å². The third-order valence-electron chi connectivity index (χ3n) is 4.25. The van der Waals surface area contributed by atoms with Gasteiger partial charge in [0.05, 0.1) is 0 Å². The molecule has 0 aromatic carbocycles. The molecule has 0 spiro atoms. The first-order valence-corrected chi connectivity index (χ1v) is 7.76. The lowest BCUT2D eigenvalue weighted by molar-refractivity contribution is 0.262. The van der Waals surface area contributed by atoms with Gasteiger partial charge < -0.3 is 14.8 Å². The molecule has 108 valence electrons. The number of rotatable bonds is 7. The van der Waals surface area contributed by atoms with Crippen LogP contribution in [0.3, 0.4) is 0 Å². The van der Waals surface area contributed by atoms with E-state index in [1.807, 2.05) is 6.20 Å². The molecule has 1 aromatic heterocycles. The zero-order valence-corrected chi connectivity index (χ0v) is 12.6. The Hall–Kier alpha value is -1.03. The summed E-state index contributed by atoms with van der Waals surface area (Å²) < 4.78 is 2.29. The highest BCUT2D eigenvalue weighted by atomic mass is 15.2. The first-order valence-electron chi connectivity index (χ1n) is 7.76. The summed E-state index contributed by atoms with van der Waals surface area (Å²) in [7, 11) is 0. The number of nitrogens with zero attached hydrogens (tertiary/aromatic N) is 3. The molecule has 1 unspecified atom stereocenters. The van der Waals surface area contributed by atoms with E-state index in [1.165, 1.54) is 25.7 Å². The Morgan fingerprint density at radius 2 is 2.05 bits per heavy atom. The van der Waals surface area contributed by atoms with Crippen LogP contribution in [0.4, 0.5) is 5.95 Å². The molecule has 1 aromatic rings. The smallest absolute Gasteiger partial charge is 0.203 e. The highest BCUT2D eigenvalue weighted by Crippen LogP contribution is 2.23. The Labute approximate surface area is 117 Å². The van der Waals surface area contributed by atoms with Crippen LogP contribution >= 0.6 is 0 Å². The van der Waals surface area contributed by atoms with E-state index in [4.69, 9.17) is 0 Å². The van der Waals surface area contributed by atoms with E-state index in [0.29, 0.717) is 12.1 Å². The third-order valence-corrected chi connectivity index (χ3v) is 4.25. The van der Waals surface area contributed by atoms with Gasteiger partial charge in [-0.3, -0.25) is 0 Å². The zero-order valence-electron chi connectivity index (χ0n) is 12.6. The molecule has 1 atom stereocenters. The Morgan fingerprint density at radius 1 is 1.37 bits per heavy atom. The Balaban J connectivity index is 1.97. The van der Waals surface area contributed by atoms with Crippen LogP contribution in [0.25, 0.3) is 0 Å². The summed E-state index contributed by atoms with van der Waals surface area (Å²) in [6.07, 6.45) is 9.30. The molecule has 0 radical (unpaired) electrons. The summed E-state index contributed by atoms with van der Waals surface area (Å²) >= 11 is 0. The van der Waals surface area contributed by atoms with E-state index < -0.39 is 0 Å². The highest BCUT2D eigenvalue weighted by Gasteiger charge is 2.18. The molecule has 0 aliphatic heterocycles. The summed E-state index contributed by atoms with van der Waals surface area (Å²) in [5.74, 6) is 1.05. The van der Waals surface area contributed by atoms with Crippen LogP contribution in [-0.4, -0.2) is 40.1 Å². The minimum atomic E-state index is 0.464. The van der Waals surface area contributed by atoms with Crippen molar-refractivity contribution in [2.45, 2.75) is 58.5 Å². The molecule has 0 bridgehead atoms. The number of likely N-dealkylation sites (N-methyl/N-ethyl adjacent to an activating group) is 1. The van der Waals surface area contributed by atoms with E-state index in [0.717, 1.165) is 25.6 Å². The standard InChI is InChI=1S/C15H28N4/c1-4-18(5-2)12-13(3)19-11-10-16-15(19)17-14-8-6-7-9-14/h10-11,13-14H,4-9,12H2,1-3H3,(H,16,17). The van der Waals surface area contributed by atoms with Crippen molar-refractivity contribution in [2.75, 3.05) is 25.0 Å². The van der Waals surface area contributed by atoms with Gasteiger partial charge in [0, 0.05) is 31.0 Å². The van der Waals surface area contributed by atoms with E-state index in [9.17, 15) is 0 Å². The van der Waals surface area contributed by atoms with Crippen molar-refractivity contribution < 1.29 is 0 Å². The molecule has 4 heteroatoms. The molecule has 1 N–H and O–H groups in total. The molecule has 0 saturated heterocycles. The second kappa shape index (κ2) is 6.94. The summed E-state index contributed by atoms with van der Waals surface area (Å²) in [6, 6.07) is 1.09. The molecular formula is C15H28N4. The Morgan fingerprint density at radius 3 is 2.68 bits per heavy atom. The molecular weight excluding hydrogens is 236 g/mol. The largest absolute Gasteiger partial charge is 0.353 e. The summed E-state index contributed by atoms with van der Waals surface area (Å²) in [6.45, 7) is 10.0. The van der Waals surface area contributed by atoms with Crippen molar-refractivity contribution in [2.24, 2.45) is 0 Å². The van der Waals surface area contributed by atoms with Gasteiger partial charge in [-0.1, -0.05) is 26.7 Å². The summed E-state index contributed by atoms with van der Waals surface area (Å²) in [4.78, 5) is 6.96. The van der Waals surface area contributed by atoms with Gasteiger partial charge in [0.1, 0.15) is 0 Å². The average molecular weight is 264 g/mol. The molecule has 2 rings (SSSR count). The average Bonchev–Trinajstić information content (AvgIpc) is 3.07. The first-order chi connectivity index (χ1) is 9.24. The van der Waals surface area contributed by atoms with Crippen LogP contribution in [0.15, 0.2) is 12.4 Å². The van der Waals surface area contributed by atoms with Gasteiger partial charge in [-0.05, 0) is 32.9 Å². The monoisotopic (exact) mass is 264 g/mol. The fourth-order valence-corrected chi connectivity index (χ4v) is 2.98. The quantitative estimate of drug-likeness (QED) is 0.821. The molecule has 1 saturated carbocycles. The second-order valence-corrected chi connectivity index (χ2v) is 5.62. The molecule has 1 heterocycles. The fourth-order valence-electron chi connectivity index (χ4n) is 2.98. The van der Waals surface area contributed by atoms with E-state index in [2.05, 4.69) is 46.7 Å². The van der Waals surface area contributed by atoms with Gasteiger partial charge in [0.15, 0.2) is 0 Å². The first kappa shape index (κ1) is 14.4. The Bertz CT molecular complexity index is 364. The van der Waals surface area contributed by atoms with Crippen molar-refractivity contribution in [3.63, 3.8) is 0 Å². The minimum absolute atomic E-state index is 0.464. The van der Waals surface area contributed by atoms with Gasteiger partial charge in [0.2, 0.25) is 5.95 Å². The van der Waals surface area contributed by atoms with Crippen molar-refractivity contribution in [3.05, 3.63) is 12.4 Å². The number of imidazole rings is 1. The van der Waals surface area contributed by atoms with Gasteiger partial charge in [-0.2, -0.15) is 0 Å². The van der Waals surface area contributed by atoms with E-state index in [1.54, 1.807) is 0 Å². The number of aromatic nitrogens is 2. The zero-order chi connectivity index (χ0) is 13.7. The molecule has 0 amide bonds. The van der Waals surface area contributed by atoms with E-state index in [-0.39, 0.29) is 0 Å². The van der Waals surface area contributed by atoms with Crippen LogP contribution in [-0.2, 0) is 0 Å². The lowest BCUT2D eigenvalue weighted by Gasteiger charge is -2.25. The third kappa shape index (κ3) is 3.72. The van der Waals surface area contributed by atoms with Crippen LogP contribution in [0, 0.1) is 0 Å². The summed E-state index contributed by atoms with van der Waals surface area (Å²) in [5, 5.41) is 3.61. The van der Waals surface area contributed by atoms with Crippen LogP contribution in [0.1, 0.15) is 52.5 Å². The van der Waals surface area contributed by atoms with Crippen molar-refractivity contribution in [3.8, 4) is 0 Å². The maximum Gasteiger partial charge on any atom is 0.203 e. The predicted molar refractivity (Wildman–Crippen MR) is 80.6 cm³/mol. The lowest BCUT2D eigenvalue weighted by Crippen LogP contribution is -2.30. The maximum atomic E-state index is 4.49. The normalized spacial score (nSPS) is 18.1. The SMILES string of the molecule is CCN(CC)CC(C)n1ccnc1NC1CCCC1. The minimum Gasteiger partial charge on any atom is -0.353 e. The molecule has 4 nitrogen and oxygen atoms in total. The molecule has 1 aliphatic carbocycles. The van der Waals surface area contributed by atoms with Gasteiger partial charge in [-0.25, -0.2) is 4.98 Å². The van der Waals surface area contributed by atoms with Crippen LogP contribution in [0.5, 0.6) is 0 Å². The fraction of sp³-hybridized carbons (Fsp3) is 0.800. The van der Waals surface area contributed by atoms with Crippen molar-refractivity contribution in [1.82, 2.24) is 14.5 Å². The number of hydrogen-bond acceptors (Lipinski definition) is 3. The van der Waals surface area contributed by atoms with Gasteiger partial charge in [0.25, 0.3) is 0 Å². The molecule has 1 aliphatic rings. The number of nitrogens with one attached hydrogen (secondary N) is 1. The summed E-state index contributed by atoms with van der Waals surface area (Å²) in [5.41, 5.74) is 0. The van der Waals surface area contributed by atoms with Crippen molar-refractivity contribution >= 4 is 5.95 Å². The topological polar surface area (TPSA) is 33.1 Å². The maximum absolute atomic E-state index is 4.49. The van der Waals surface area contributed by atoms with E-state index >= 15 is 0 Å². The Kier molecular flexibility index (Phi) is 5.25. The highest BCUT2D eigenvalue weighted by molar-refractivity contribution is 5.28. The second-order valence-electron chi connectivity index (χ2n) is 5.62. The van der Waals surface area contributed by atoms with Gasteiger partial charge >= 0.3 is 0 Å². The van der Waals surface area contributed by atoms with Crippen molar-refractivity contribution in [1.29, 1.82) is 0 Å². The number of hydrogen-bond donors (Lipinski definition) is 1. The molecule has 1 fully saturated rings. The molecule has 19 heavy (non-hydrogen) atoms. The lowest BCUT2D eigenvalue weighted by atomic mass is 10.2. The van der Waals surface area contributed by atoms with Crippen LogP contribution < -0.4 is 5.32 Å².